The fraction of sp³-hybridized carbons (Fsp3) is 0.233. The van der Waals surface area contributed by atoms with Crippen LogP contribution in [0, 0.1) is 11.8 Å². The highest BCUT2D eigenvalue weighted by molar-refractivity contribution is 6.03. The number of hydrogen-bond donors (Lipinski definition) is 3. The number of carbonyl (C=O) groups is 1. The Hall–Kier alpha value is -3.95. The van der Waals surface area contributed by atoms with E-state index in [0.29, 0.717) is 28.4 Å². The maximum absolute atomic E-state index is 13.6. The minimum Gasteiger partial charge on any atom is -0.380 e. The first-order valence-corrected chi connectivity index (χ1v) is 12.3. The maximum Gasteiger partial charge on any atom is 0.435 e. The number of halogens is 3. The van der Waals surface area contributed by atoms with Gasteiger partial charge in [-0.15, -0.1) is 0 Å². The molecule has 9 heteroatoms. The molecular formula is C30H30F3N4O2. The second-order valence-electron chi connectivity index (χ2n) is 10.4. The number of aromatic nitrogens is 2. The summed E-state index contributed by atoms with van der Waals surface area (Å²) in [6.45, 7) is 6.06. The van der Waals surface area contributed by atoms with Crippen LogP contribution in [-0.4, -0.2) is 20.8 Å². The van der Waals surface area contributed by atoms with E-state index in [4.69, 9.17) is 5.73 Å². The molecule has 0 bridgehead atoms. The van der Waals surface area contributed by atoms with Gasteiger partial charge in [0.15, 0.2) is 5.69 Å². The Morgan fingerprint density at radius 1 is 0.949 bits per heavy atom. The van der Waals surface area contributed by atoms with Crippen LogP contribution in [0.15, 0.2) is 84.9 Å². The minimum absolute atomic E-state index is 0.172. The number of benzene rings is 3. The quantitative estimate of drug-likeness (QED) is 0.267. The predicted molar refractivity (Wildman–Crippen MR) is 144 cm³/mol. The number of nitrogens with two attached hydrogens (primary N) is 1. The Kier molecular flexibility index (Phi) is 7.68. The van der Waals surface area contributed by atoms with Crippen molar-refractivity contribution in [2.45, 2.75) is 39.1 Å². The first-order chi connectivity index (χ1) is 18.3. The number of anilines is 1. The summed E-state index contributed by atoms with van der Waals surface area (Å²) >= 11 is 0. The third-order valence-electron chi connectivity index (χ3n) is 6.04. The third-order valence-corrected chi connectivity index (χ3v) is 6.04. The van der Waals surface area contributed by atoms with E-state index >= 15 is 0 Å². The number of carbonyl (C=O) groups excluding carboxylic acids is 1. The van der Waals surface area contributed by atoms with Crippen molar-refractivity contribution >= 4 is 11.6 Å². The van der Waals surface area contributed by atoms with E-state index in [-0.39, 0.29) is 23.3 Å². The summed E-state index contributed by atoms with van der Waals surface area (Å²) in [6, 6.07) is 22.9. The van der Waals surface area contributed by atoms with Crippen LogP contribution >= 0.6 is 0 Å². The number of aliphatic hydroxyl groups is 1. The van der Waals surface area contributed by atoms with Crippen molar-refractivity contribution in [3.8, 4) is 5.69 Å². The average molecular weight is 536 g/mol. The van der Waals surface area contributed by atoms with Gasteiger partial charge in [-0.05, 0) is 46.4 Å². The SMILES string of the molecule is CC(C)(C)[CH]C(O)(c1ccccc1)c1cccc(NC(=O)c2cc(C(F)(F)F)nn2-c2cccc(CN)c2)c1. The van der Waals surface area contributed by atoms with Gasteiger partial charge in [-0.1, -0.05) is 75.4 Å². The lowest BCUT2D eigenvalue weighted by molar-refractivity contribution is -0.141. The van der Waals surface area contributed by atoms with E-state index in [1.54, 1.807) is 60.7 Å². The molecule has 203 valence electrons. The average Bonchev–Trinajstić information content (AvgIpc) is 3.35. The number of hydrogen-bond acceptors (Lipinski definition) is 4. The van der Waals surface area contributed by atoms with E-state index in [0.717, 1.165) is 4.68 Å². The number of nitrogens with one attached hydrogen (secondary N) is 1. The Balaban J connectivity index is 1.73. The molecule has 1 aromatic heterocycles. The molecule has 3 aromatic carbocycles. The van der Waals surface area contributed by atoms with Gasteiger partial charge in [-0.25, -0.2) is 4.68 Å². The first-order valence-electron chi connectivity index (χ1n) is 12.3. The fourth-order valence-corrected chi connectivity index (χ4v) is 4.37. The first kappa shape index (κ1) is 28.1. The predicted octanol–water partition coefficient (Wildman–Crippen LogP) is 6.09. The van der Waals surface area contributed by atoms with Gasteiger partial charge in [-0.2, -0.15) is 18.3 Å². The van der Waals surface area contributed by atoms with Crippen LogP contribution in [-0.2, 0) is 18.3 Å². The van der Waals surface area contributed by atoms with Crippen molar-refractivity contribution in [1.82, 2.24) is 9.78 Å². The van der Waals surface area contributed by atoms with Crippen LogP contribution in [0.25, 0.3) is 5.69 Å². The van der Waals surface area contributed by atoms with E-state index in [9.17, 15) is 23.1 Å². The number of rotatable bonds is 7. The molecule has 0 saturated heterocycles. The Bertz CT molecular complexity index is 1460. The monoisotopic (exact) mass is 535 g/mol. The highest BCUT2D eigenvalue weighted by Gasteiger charge is 2.38. The largest absolute Gasteiger partial charge is 0.435 e. The van der Waals surface area contributed by atoms with Crippen molar-refractivity contribution in [1.29, 1.82) is 0 Å². The standard InChI is InChI=1S/C30H30F3N4O2/c1-28(2,3)19-29(39,21-10-5-4-6-11-21)22-12-8-13-23(16-22)35-27(38)25-17-26(30(31,32)33)36-37(25)24-14-7-9-20(15-24)18-34/h4-17,19,39H,18,34H2,1-3H3,(H,35,38). The third kappa shape index (κ3) is 6.38. The molecular weight excluding hydrogens is 505 g/mol. The van der Waals surface area contributed by atoms with Gasteiger partial charge < -0.3 is 16.2 Å². The highest BCUT2D eigenvalue weighted by atomic mass is 19.4. The van der Waals surface area contributed by atoms with E-state index in [2.05, 4.69) is 10.4 Å². The van der Waals surface area contributed by atoms with Crippen LogP contribution < -0.4 is 11.1 Å². The minimum atomic E-state index is -4.75. The summed E-state index contributed by atoms with van der Waals surface area (Å²) in [5.41, 5.74) is 4.68. The summed E-state index contributed by atoms with van der Waals surface area (Å²) in [7, 11) is 0. The summed E-state index contributed by atoms with van der Waals surface area (Å²) in [6.07, 6.45) is -2.94. The molecule has 39 heavy (non-hydrogen) atoms. The number of nitrogens with zero attached hydrogens (tertiary/aromatic N) is 2. The smallest absolute Gasteiger partial charge is 0.380 e. The zero-order valence-corrected chi connectivity index (χ0v) is 21.8. The van der Waals surface area contributed by atoms with Gasteiger partial charge in [0.1, 0.15) is 11.3 Å². The zero-order valence-electron chi connectivity index (χ0n) is 21.8. The van der Waals surface area contributed by atoms with Crippen LogP contribution in [0.4, 0.5) is 18.9 Å². The molecule has 1 amide bonds. The van der Waals surface area contributed by atoms with Crippen molar-refractivity contribution in [3.05, 3.63) is 119 Å². The molecule has 0 aliphatic carbocycles. The summed E-state index contributed by atoms with van der Waals surface area (Å²) < 4.78 is 41.6. The fourth-order valence-electron chi connectivity index (χ4n) is 4.37. The van der Waals surface area contributed by atoms with Crippen LogP contribution in [0.3, 0.4) is 0 Å². The van der Waals surface area contributed by atoms with Gasteiger partial charge in [-0.3, -0.25) is 4.79 Å². The van der Waals surface area contributed by atoms with Gasteiger partial charge >= 0.3 is 6.18 Å². The molecule has 0 saturated carbocycles. The van der Waals surface area contributed by atoms with E-state index in [1.807, 2.05) is 45.4 Å². The molecule has 6 nitrogen and oxygen atoms in total. The Morgan fingerprint density at radius 3 is 2.26 bits per heavy atom. The topological polar surface area (TPSA) is 93.2 Å². The van der Waals surface area contributed by atoms with Crippen LogP contribution in [0.1, 0.15) is 53.6 Å². The van der Waals surface area contributed by atoms with E-state index < -0.39 is 23.4 Å². The molecule has 1 radical (unpaired) electrons. The molecule has 0 aliphatic rings. The zero-order chi connectivity index (χ0) is 28.4. The molecule has 4 aromatic rings. The second-order valence-corrected chi connectivity index (χ2v) is 10.4. The molecule has 0 fully saturated rings. The second kappa shape index (κ2) is 10.7. The number of amides is 1. The highest BCUT2D eigenvalue weighted by Crippen LogP contribution is 2.40. The molecule has 0 spiro atoms. The Labute approximate surface area is 225 Å². The lowest BCUT2D eigenvalue weighted by atomic mass is 9.74. The molecule has 1 atom stereocenters. The number of alkyl halides is 3. The van der Waals surface area contributed by atoms with Crippen LogP contribution in [0.5, 0.6) is 0 Å². The summed E-state index contributed by atoms with van der Waals surface area (Å²) in [5, 5.41) is 18.2. The normalized spacial score (nSPS) is 13.6. The molecule has 1 unspecified atom stereocenters. The molecule has 4 rings (SSSR count). The Morgan fingerprint density at radius 2 is 1.62 bits per heavy atom. The van der Waals surface area contributed by atoms with Gasteiger partial charge in [0.25, 0.3) is 5.91 Å². The molecule has 0 aliphatic heterocycles. The lowest BCUT2D eigenvalue weighted by Gasteiger charge is -2.35. The van der Waals surface area contributed by atoms with Crippen molar-refractivity contribution in [2.75, 3.05) is 5.32 Å². The summed E-state index contributed by atoms with van der Waals surface area (Å²) in [4.78, 5) is 13.3. The van der Waals surface area contributed by atoms with Crippen molar-refractivity contribution in [2.24, 2.45) is 11.1 Å². The van der Waals surface area contributed by atoms with Crippen LogP contribution in [0.2, 0.25) is 0 Å². The van der Waals surface area contributed by atoms with Gasteiger partial charge in [0.05, 0.1) is 5.69 Å². The van der Waals surface area contributed by atoms with Gasteiger partial charge in [0, 0.05) is 24.7 Å². The maximum atomic E-state index is 13.6. The van der Waals surface area contributed by atoms with Gasteiger partial charge in [0.2, 0.25) is 0 Å². The molecule has 4 N–H and O–H groups in total. The van der Waals surface area contributed by atoms with E-state index in [1.165, 1.54) is 0 Å². The summed E-state index contributed by atoms with van der Waals surface area (Å²) in [5.74, 6) is -0.795. The van der Waals surface area contributed by atoms with Crippen molar-refractivity contribution < 1.29 is 23.1 Å². The van der Waals surface area contributed by atoms with Crippen molar-refractivity contribution in [3.63, 3.8) is 0 Å². The molecule has 1 heterocycles. The lowest BCUT2D eigenvalue weighted by Crippen LogP contribution is -2.33.